The maximum absolute atomic E-state index is 13.1. The van der Waals surface area contributed by atoms with Gasteiger partial charge in [0, 0.05) is 18.7 Å². The van der Waals surface area contributed by atoms with E-state index in [9.17, 15) is 13.2 Å². The van der Waals surface area contributed by atoms with E-state index < -0.39 is 10.0 Å². The van der Waals surface area contributed by atoms with Crippen molar-refractivity contribution in [2.45, 2.75) is 49.5 Å². The molecule has 5 rings (SSSR count). The summed E-state index contributed by atoms with van der Waals surface area (Å²) in [5.41, 5.74) is 4.90. The third kappa shape index (κ3) is 4.65. The highest BCUT2D eigenvalue weighted by molar-refractivity contribution is 7.89. The van der Waals surface area contributed by atoms with Gasteiger partial charge in [-0.1, -0.05) is 55.0 Å². The van der Waals surface area contributed by atoms with Crippen molar-refractivity contribution in [1.29, 1.82) is 0 Å². The highest BCUT2D eigenvalue weighted by Gasteiger charge is 2.26. The normalized spacial score (nSPS) is 18.8. The van der Waals surface area contributed by atoms with Crippen LogP contribution in [-0.2, 0) is 16.4 Å². The van der Waals surface area contributed by atoms with Crippen LogP contribution in [-0.4, -0.2) is 31.7 Å². The van der Waals surface area contributed by atoms with Gasteiger partial charge in [-0.15, -0.1) is 0 Å². The number of fused-ring (bicyclic) bond motifs is 1. The lowest BCUT2D eigenvalue weighted by Gasteiger charge is -2.26. The van der Waals surface area contributed by atoms with Gasteiger partial charge in [-0.25, -0.2) is 8.42 Å². The Hall–Kier alpha value is -2.96. The number of nitrogens with one attached hydrogen (secondary N) is 1. The fraction of sp³-hybridized carbons (Fsp3) is 0.321. The van der Waals surface area contributed by atoms with Crippen LogP contribution in [0.4, 0.5) is 0 Å². The van der Waals surface area contributed by atoms with E-state index in [-0.39, 0.29) is 11.9 Å². The van der Waals surface area contributed by atoms with Crippen molar-refractivity contribution in [2.75, 3.05) is 13.1 Å². The molecule has 1 amide bonds. The Bertz CT molecular complexity index is 1280. The van der Waals surface area contributed by atoms with Gasteiger partial charge in [0.2, 0.25) is 10.0 Å². The Morgan fingerprint density at radius 3 is 2.38 bits per heavy atom. The van der Waals surface area contributed by atoms with E-state index in [0.717, 1.165) is 49.7 Å². The first-order chi connectivity index (χ1) is 16.5. The highest BCUT2D eigenvalue weighted by atomic mass is 32.2. The van der Waals surface area contributed by atoms with Gasteiger partial charge in [-0.05, 0) is 78.6 Å². The molecule has 1 atom stereocenters. The molecule has 1 heterocycles. The zero-order chi connectivity index (χ0) is 23.5. The fourth-order valence-electron chi connectivity index (χ4n) is 5.06. The summed E-state index contributed by atoms with van der Waals surface area (Å²) in [5, 5.41) is 3.21. The number of benzene rings is 3. The van der Waals surface area contributed by atoms with E-state index in [1.54, 1.807) is 16.4 Å². The Labute approximate surface area is 201 Å². The Kier molecular flexibility index (Phi) is 6.53. The number of nitrogens with zero attached hydrogens (tertiary/aromatic N) is 1. The summed E-state index contributed by atoms with van der Waals surface area (Å²) in [4.78, 5) is 13.4. The first kappa shape index (κ1) is 22.8. The molecule has 0 radical (unpaired) electrons. The molecule has 1 N–H and O–H groups in total. The van der Waals surface area contributed by atoms with E-state index >= 15 is 0 Å². The van der Waals surface area contributed by atoms with Gasteiger partial charge in [0.05, 0.1) is 10.9 Å². The number of aryl methyl sites for hydroxylation is 1. The molecular formula is C28H30N2O3S. The number of piperidine rings is 1. The van der Waals surface area contributed by atoms with Gasteiger partial charge in [-0.2, -0.15) is 4.31 Å². The maximum atomic E-state index is 13.1. The third-order valence-electron chi connectivity index (χ3n) is 6.94. The van der Waals surface area contributed by atoms with E-state index in [1.165, 1.54) is 11.1 Å². The van der Waals surface area contributed by atoms with Gasteiger partial charge >= 0.3 is 0 Å². The van der Waals surface area contributed by atoms with Gasteiger partial charge in [0.25, 0.3) is 5.91 Å². The molecule has 6 heteroatoms. The van der Waals surface area contributed by atoms with E-state index in [0.29, 0.717) is 23.5 Å². The van der Waals surface area contributed by atoms with Crippen LogP contribution < -0.4 is 5.32 Å². The minimum absolute atomic E-state index is 0.0281. The van der Waals surface area contributed by atoms with Crippen molar-refractivity contribution < 1.29 is 13.2 Å². The standard InChI is InChI=1S/C28H30N2O3S/c31-28(29-27-13-7-9-22-8-2-3-12-26(22)27)24-11-6-10-23(20-24)21-14-16-25(17-15-21)34(32,33)30-18-4-1-5-19-30/h2-3,6,8,10-12,14-17,20,27H,1,4-5,7,9,13,18-19H2,(H,29,31)/t27-/m0/s1. The van der Waals surface area contributed by atoms with E-state index in [4.69, 9.17) is 0 Å². The topological polar surface area (TPSA) is 66.5 Å². The molecule has 0 aromatic heterocycles. The molecule has 0 unspecified atom stereocenters. The summed E-state index contributed by atoms with van der Waals surface area (Å²) in [5.74, 6) is -0.0900. The summed E-state index contributed by atoms with van der Waals surface area (Å²) in [6.45, 7) is 1.18. The second-order valence-corrected chi connectivity index (χ2v) is 11.1. The van der Waals surface area contributed by atoms with Gasteiger partial charge in [0.1, 0.15) is 0 Å². The number of amides is 1. The molecule has 1 aliphatic carbocycles. The second kappa shape index (κ2) is 9.72. The summed E-state index contributed by atoms with van der Waals surface area (Å²) in [6.07, 6.45) is 5.98. The average molecular weight is 475 g/mol. The Morgan fingerprint density at radius 1 is 0.824 bits per heavy atom. The minimum atomic E-state index is -3.45. The monoisotopic (exact) mass is 474 g/mol. The maximum Gasteiger partial charge on any atom is 0.251 e. The van der Waals surface area contributed by atoms with E-state index in [2.05, 4.69) is 23.5 Å². The lowest BCUT2D eigenvalue weighted by atomic mass is 9.87. The number of hydrogen-bond donors (Lipinski definition) is 1. The second-order valence-electron chi connectivity index (χ2n) is 9.19. The van der Waals surface area contributed by atoms with Gasteiger partial charge in [-0.3, -0.25) is 4.79 Å². The first-order valence-electron chi connectivity index (χ1n) is 12.1. The van der Waals surface area contributed by atoms with Crippen LogP contribution in [0.25, 0.3) is 11.1 Å². The zero-order valence-electron chi connectivity index (χ0n) is 19.2. The van der Waals surface area contributed by atoms with Crippen LogP contribution in [0.15, 0.2) is 77.7 Å². The van der Waals surface area contributed by atoms with Crippen LogP contribution in [0.5, 0.6) is 0 Å². The Balaban J connectivity index is 1.33. The summed E-state index contributed by atoms with van der Waals surface area (Å²) in [6, 6.07) is 22.9. The van der Waals surface area contributed by atoms with Crippen molar-refractivity contribution in [3.63, 3.8) is 0 Å². The van der Waals surface area contributed by atoms with Crippen LogP contribution >= 0.6 is 0 Å². The number of sulfonamides is 1. The van der Waals surface area contributed by atoms with Gasteiger partial charge < -0.3 is 5.32 Å². The van der Waals surface area contributed by atoms with Crippen molar-refractivity contribution in [1.82, 2.24) is 9.62 Å². The molecule has 3 aromatic carbocycles. The molecule has 2 aliphatic rings. The molecule has 5 nitrogen and oxygen atoms in total. The fourth-order valence-corrected chi connectivity index (χ4v) is 6.58. The largest absolute Gasteiger partial charge is 0.345 e. The zero-order valence-corrected chi connectivity index (χ0v) is 20.1. The number of hydrogen-bond acceptors (Lipinski definition) is 3. The van der Waals surface area contributed by atoms with Crippen LogP contribution in [0.2, 0.25) is 0 Å². The lowest BCUT2D eigenvalue weighted by molar-refractivity contribution is 0.0932. The van der Waals surface area contributed by atoms with E-state index in [1.807, 2.05) is 42.5 Å². The smallest absolute Gasteiger partial charge is 0.251 e. The molecule has 176 valence electrons. The van der Waals surface area contributed by atoms with Crippen molar-refractivity contribution in [3.8, 4) is 11.1 Å². The van der Waals surface area contributed by atoms with Crippen molar-refractivity contribution in [2.24, 2.45) is 0 Å². The third-order valence-corrected chi connectivity index (χ3v) is 8.85. The predicted octanol–water partition coefficient (Wildman–Crippen LogP) is 5.34. The van der Waals surface area contributed by atoms with Gasteiger partial charge in [0.15, 0.2) is 0 Å². The summed E-state index contributed by atoms with van der Waals surface area (Å²) >= 11 is 0. The molecule has 0 spiro atoms. The molecular weight excluding hydrogens is 444 g/mol. The van der Waals surface area contributed by atoms with Crippen LogP contribution in [0, 0.1) is 0 Å². The molecule has 0 saturated carbocycles. The first-order valence-corrected chi connectivity index (χ1v) is 13.6. The summed E-state index contributed by atoms with van der Waals surface area (Å²) in [7, 11) is -3.45. The van der Waals surface area contributed by atoms with Crippen LogP contribution in [0.3, 0.4) is 0 Å². The number of rotatable bonds is 5. The lowest BCUT2D eigenvalue weighted by Crippen LogP contribution is -2.35. The average Bonchev–Trinajstić information content (AvgIpc) is 2.89. The number of carbonyl (C=O) groups is 1. The molecule has 3 aromatic rings. The van der Waals surface area contributed by atoms with Crippen molar-refractivity contribution in [3.05, 3.63) is 89.5 Å². The molecule has 0 bridgehead atoms. The highest BCUT2D eigenvalue weighted by Crippen LogP contribution is 2.30. The molecule has 1 saturated heterocycles. The molecule has 1 aliphatic heterocycles. The summed E-state index contributed by atoms with van der Waals surface area (Å²) < 4.78 is 27.4. The SMILES string of the molecule is O=C(N[C@H]1CCCc2ccccc21)c1cccc(-c2ccc(S(=O)(=O)N3CCCCC3)cc2)c1. The van der Waals surface area contributed by atoms with Crippen LogP contribution in [0.1, 0.15) is 59.6 Å². The predicted molar refractivity (Wildman–Crippen MR) is 134 cm³/mol. The quantitative estimate of drug-likeness (QED) is 0.543. The minimum Gasteiger partial charge on any atom is -0.345 e. The van der Waals surface area contributed by atoms with Crippen molar-refractivity contribution >= 4 is 15.9 Å². The Morgan fingerprint density at radius 2 is 1.59 bits per heavy atom. The molecule has 34 heavy (non-hydrogen) atoms. The number of carbonyl (C=O) groups excluding carboxylic acids is 1. The molecule has 1 fully saturated rings.